The zero-order valence-electron chi connectivity index (χ0n) is 52.2. The first kappa shape index (κ1) is 75.1. The highest BCUT2D eigenvalue weighted by molar-refractivity contribution is 5.71. The molecular formula is C72H130O6. The maximum Gasteiger partial charge on any atom is 0.306 e. The minimum atomic E-state index is -0.806. The molecule has 0 amide bonds. The Morgan fingerprint density at radius 1 is 0.269 bits per heavy atom. The van der Waals surface area contributed by atoms with Gasteiger partial charge in [0.2, 0.25) is 0 Å². The van der Waals surface area contributed by atoms with E-state index in [0.29, 0.717) is 19.3 Å². The fraction of sp³-hybridized carbons (Fsp3) is 0.819. The van der Waals surface area contributed by atoms with E-state index in [1.807, 2.05) is 6.08 Å². The minimum Gasteiger partial charge on any atom is -0.462 e. The second-order valence-electron chi connectivity index (χ2n) is 23.1. The van der Waals surface area contributed by atoms with Gasteiger partial charge in [0, 0.05) is 19.3 Å². The number of allylic oxidation sites excluding steroid dienone is 10. The molecule has 0 spiro atoms. The summed E-state index contributed by atoms with van der Waals surface area (Å²) in [5.41, 5.74) is 0. The molecule has 0 bridgehead atoms. The van der Waals surface area contributed by atoms with Gasteiger partial charge in [0.15, 0.2) is 6.10 Å². The molecule has 0 aromatic carbocycles. The van der Waals surface area contributed by atoms with Crippen LogP contribution in [0, 0.1) is 0 Å². The lowest BCUT2D eigenvalue weighted by molar-refractivity contribution is -0.166. The highest BCUT2D eigenvalue weighted by Crippen LogP contribution is 2.18. The van der Waals surface area contributed by atoms with Gasteiger partial charge in [0.05, 0.1) is 0 Å². The number of ether oxygens (including phenoxy) is 3. The van der Waals surface area contributed by atoms with Gasteiger partial charge in [0.1, 0.15) is 13.2 Å². The maximum absolute atomic E-state index is 12.9. The summed E-state index contributed by atoms with van der Waals surface area (Å²) >= 11 is 0. The number of esters is 3. The van der Waals surface area contributed by atoms with E-state index < -0.39 is 6.10 Å². The molecule has 0 rings (SSSR count). The quantitative estimate of drug-likeness (QED) is 0.0261. The van der Waals surface area contributed by atoms with Crippen molar-refractivity contribution in [3.63, 3.8) is 0 Å². The summed E-state index contributed by atoms with van der Waals surface area (Å²) in [6.45, 7) is 6.50. The van der Waals surface area contributed by atoms with Crippen molar-refractivity contribution in [2.75, 3.05) is 13.2 Å². The Labute approximate surface area is 485 Å². The molecule has 0 heterocycles. The summed E-state index contributed by atoms with van der Waals surface area (Å²) < 4.78 is 16.8. The van der Waals surface area contributed by atoms with Gasteiger partial charge in [0.25, 0.3) is 0 Å². The minimum absolute atomic E-state index is 0.0965. The third-order valence-electron chi connectivity index (χ3n) is 15.3. The normalized spacial score (nSPS) is 12.4. The van der Waals surface area contributed by atoms with E-state index in [1.165, 1.54) is 238 Å². The van der Waals surface area contributed by atoms with Crippen molar-refractivity contribution in [1.29, 1.82) is 0 Å². The van der Waals surface area contributed by atoms with Gasteiger partial charge in [-0.3, -0.25) is 14.4 Å². The Morgan fingerprint density at radius 3 is 0.859 bits per heavy atom. The number of carbonyl (C=O) groups is 3. The first-order valence-electron chi connectivity index (χ1n) is 34.3. The molecule has 0 radical (unpaired) electrons. The lowest BCUT2D eigenvalue weighted by atomic mass is 10.0. The SMILES string of the molecule is CC/C=C\C/C=C\C/C=C\C/C=C\CCC(=O)OCC(COC(=O)CCCCCCCCCCCCCCCCCCCCCCCCCCCCCCCCCC)OC(=O)CCCCCCC/C=C\CCCCCCCC. The van der Waals surface area contributed by atoms with Gasteiger partial charge in [-0.15, -0.1) is 0 Å². The van der Waals surface area contributed by atoms with E-state index in [1.54, 1.807) is 0 Å². The van der Waals surface area contributed by atoms with Crippen LogP contribution in [0.1, 0.15) is 361 Å². The molecule has 0 N–H and O–H groups in total. The maximum atomic E-state index is 12.9. The summed E-state index contributed by atoms with van der Waals surface area (Å²) in [4.78, 5) is 38.2. The van der Waals surface area contributed by atoms with Gasteiger partial charge >= 0.3 is 17.9 Å². The van der Waals surface area contributed by atoms with Crippen LogP contribution in [-0.2, 0) is 28.6 Å². The van der Waals surface area contributed by atoms with Gasteiger partial charge in [-0.1, -0.05) is 332 Å². The second-order valence-corrected chi connectivity index (χ2v) is 23.1. The molecular weight excluding hydrogens is 961 g/mol. The molecule has 6 nitrogen and oxygen atoms in total. The van der Waals surface area contributed by atoms with Gasteiger partial charge < -0.3 is 14.2 Å². The van der Waals surface area contributed by atoms with Crippen LogP contribution >= 0.6 is 0 Å². The Bertz CT molecular complexity index is 1390. The van der Waals surface area contributed by atoms with Crippen LogP contribution in [0.4, 0.5) is 0 Å². The van der Waals surface area contributed by atoms with Crippen LogP contribution in [0.2, 0.25) is 0 Å². The zero-order valence-corrected chi connectivity index (χ0v) is 52.2. The summed E-state index contributed by atoms with van der Waals surface area (Å²) in [7, 11) is 0. The number of unbranched alkanes of at least 4 members (excludes halogenated alkanes) is 42. The van der Waals surface area contributed by atoms with Crippen molar-refractivity contribution in [3.8, 4) is 0 Å². The molecule has 0 saturated carbocycles. The third-order valence-corrected chi connectivity index (χ3v) is 15.3. The van der Waals surface area contributed by atoms with Crippen LogP contribution < -0.4 is 0 Å². The molecule has 0 fully saturated rings. The Hall–Kier alpha value is -2.89. The molecule has 1 unspecified atom stereocenters. The standard InChI is InChI=1S/C72H130O6/c1-4-7-10-13-16-19-22-25-27-28-29-30-31-32-33-34-35-36-37-38-39-40-41-42-43-45-47-50-53-56-59-62-65-71(74)77-68-69(67-76-70(73)64-61-58-55-52-49-46-24-21-18-15-12-9-6-3)78-72(75)66-63-60-57-54-51-48-44-26-23-20-17-14-11-8-5-2/h9,12,18,21,26,44,46,49,55,58,69H,4-8,10-11,13-17,19-20,22-25,27-43,45,47-48,50-54,56-57,59-68H2,1-3H3/b12-9-,21-18-,44-26-,49-46-,58-55-. The predicted molar refractivity (Wildman–Crippen MR) is 339 cm³/mol. The second kappa shape index (κ2) is 66.6. The molecule has 0 saturated heterocycles. The van der Waals surface area contributed by atoms with E-state index in [9.17, 15) is 14.4 Å². The molecule has 0 aromatic rings. The summed E-state index contributed by atoms with van der Waals surface area (Å²) in [6.07, 6.45) is 85.8. The topological polar surface area (TPSA) is 78.9 Å². The molecule has 78 heavy (non-hydrogen) atoms. The highest BCUT2D eigenvalue weighted by Gasteiger charge is 2.19. The average molecular weight is 1090 g/mol. The molecule has 0 aromatic heterocycles. The fourth-order valence-corrected chi connectivity index (χ4v) is 10.2. The molecule has 454 valence electrons. The zero-order chi connectivity index (χ0) is 56.4. The Morgan fingerprint density at radius 2 is 0.526 bits per heavy atom. The van der Waals surface area contributed by atoms with Gasteiger partial charge in [-0.25, -0.2) is 0 Å². The van der Waals surface area contributed by atoms with Crippen LogP contribution in [-0.4, -0.2) is 37.2 Å². The fourth-order valence-electron chi connectivity index (χ4n) is 10.2. The molecule has 0 aliphatic heterocycles. The Kier molecular flexibility index (Phi) is 64.2. The summed E-state index contributed by atoms with van der Waals surface area (Å²) in [6, 6.07) is 0. The number of carbonyl (C=O) groups excluding carboxylic acids is 3. The van der Waals surface area contributed by atoms with E-state index in [2.05, 4.69) is 75.5 Å². The van der Waals surface area contributed by atoms with E-state index in [-0.39, 0.29) is 37.5 Å². The lowest BCUT2D eigenvalue weighted by Gasteiger charge is -2.18. The average Bonchev–Trinajstić information content (AvgIpc) is 3.44. The van der Waals surface area contributed by atoms with Gasteiger partial charge in [-0.05, 0) is 70.6 Å². The van der Waals surface area contributed by atoms with Crippen molar-refractivity contribution in [3.05, 3.63) is 60.8 Å². The first-order valence-corrected chi connectivity index (χ1v) is 34.3. The molecule has 0 aliphatic carbocycles. The van der Waals surface area contributed by atoms with Crippen LogP contribution in [0.15, 0.2) is 60.8 Å². The predicted octanol–water partition coefficient (Wildman–Crippen LogP) is 23.5. The molecule has 6 heteroatoms. The molecule has 0 aliphatic rings. The van der Waals surface area contributed by atoms with Crippen molar-refractivity contribution in [1.82, 2.24) is 0 Å². The van der Waals surface area contributed by atoms with Crippen LogP contribution in [0.3, 0.4) is 0 Å². The van der Waals surface area contributed by atoms with Crippen molar-refractivity contribution < 1.29 is 28.6 Å². The smallest absolute Gasteiger partial charge is 0.306 e. The monoisotopic (exact) mass is 1090 g/mol. The van der Waals surface area contributed by atoms with E-state index in [4.69, 9.17) is 14.2 Å². The van der Waals surface area contributed by atoms with Crippen LogP contribution in [0.25, 0.3) is 0 Å². The van der Waals surface area contributed by atoms with Crippen molar-refractivity contribution in [2.45, 2.75) is 367 Å². The number of hydrogen-bond donors (Lipinski definition) is 0. The van der Waals surface area contributed by atoms with E-state index >= 15 is 0 Å². The van der Waals surface area contributed by atoms with Crippen LogP contribution in [0.5, 0.6) is 0 Å². The van der Waals surface area contributed by atoms with Gasteiger partial charge in [-0.2, -0.15) is 0 Å². The summed E-state index contributed by atoms with van der Waals surface area (Å²) in [5.74, 6) is -0.973. The largest absolute Gasteiger partial charge is 0.462 e. The van der Waals surface area contributed by atoms with Crippen molar-refractivity contribution in [2.24, 2.45) is 0 Å². The summed E-state index contributed by atoms with van der Waals surface area (Å²) in [5, 5.41) is 0. The molecule has 1 atom stereocenters. The van der Waals surface area contributed by atoms with Crippen molar-refractivity contribution >= 4 is 17.9 Å². The number of rotatable bonds is 63. The third kappa shape index (κ3) is 63.9. The lowest BCUT2D eigenvalue weighted by Crippen LogP contribution is -2.30. The Balaban J connectivity index is 4.13. The number of hydrogen-bond acceptors (Lipinski definition) is 6. The highest BCUT2D eigenvalue weighted by atomic mass is 16.6. The first-order chi connectivity index (χ1) is 38.5. The van der Waals surface area contributed by atoms with E-state index in [0.717, 1.165) is 77.0 Å².